The van der Waals surface area contributed by atoms with Crippen LogP contribution in [0.2, 0.25) is 0 Å². The minimum Gasteiger partial charge on any atom is -0.321 e. The Morgan fingerprint density at radius 3 is 2.40 bits per heavy atom. The Kier molecular flexibility index (Phi) is 5.14. The first-order chi connectivity index (χ1) is 12.0. The van der Waals surface area contributed by atoms with Gasteiger partial charge in [0.1, 0.15) is 5.69 Å². The van der Waals surface area contributed by atoms with Crippen LogP contribution in [0.5, 0.6) is 0 Å². The first-order valence-corrected chi connectivity index (χ1v) is 8.78. The quantitative estimate of drug-likeness (QED) is 0.735. The van der Waals surface area contributed by atoms with Crippen molar-refractivity contribution in [2.75, 3.05) is 5.32 Å². The van der Waals surface area contributed by atoms with Crippen LogP contribution in [0, 0.1) is 20.8 Å². The van der Waals surface area contributed by atoms with Gasteiger partial charge in [0.05, 0.1) is 11.9 Å². The Morgan fingerprint density at radius 2 is 1.72 bits per heavy atom. The minimum absolute atomic E-state index is 0.262. The van der Waals surface area contributed by atoms with Crippen molar-refractivity contribution in [1.82, 2.24) is 9.97 Å². The minimum atomic E-state index is -0.262. The van der Waals surface area contributed by atoms with Gasteiger partial charge in [-0.3, -0.25) is 9.78 Å². The van der Waals surface area contributed by atoms with E-state index in [1.807, 2.05) is 31.2 Å². The monoisotopic (exact) mass is 349 g/mol. The summed E-state index contributed by atoms with van der Waals surface area (Å²) in [6, 6.07) is 14.2. The summed E-state index contributed by atoms with van der Waals surface area (Å²) in [6.45, 7) is 6.04. The molecule has 4 nitrogen and oxygen atoms in total. The summed E-state index contributed by atoms with van der Waals surface area (Å²) in [7, 11) is 0. The summed E-state index contributed by atoms with van der Waals surface area (Å²) in [5, 5.41) is 2.84. The molecule has 1 aromatic heterocycles. The fraction of sp³-hybridized carbons (Fsp3) is 0.150. The molecule has 0 aliphatic heterocycles. The second-order valence-electron chi connectivity index (χ2n) is 5.89. The zero-order chi connectivity index (χ0) is 17.8. The van der Waals surface area contributed by atoms with Crippen LogP contribution in [-0.4, -0.2) is 15.9 Å². The SMILES string of the molecule is Cc1ccc(C)c(Sc2ccc(NC(=O)c3cnc(C)cn3)cc2)c1. The zero-order valence-corrected chi connectivity index (χ0v) is 15.2. The first kappa shape index (κ1) is 17.2. The fourth-order valence-corrected chi connectivity index (χ4v) is 3.26. The number of hydrogen-bond donors (Lipinski definition) is 1. The van der Waals surface area contributed by atoms with Gasteiger partial charge in [0.2, 0.25) is 0 Å². The highest BCUT2D eigenvalue weighted by Gasteiger charge is 2.08. The van der Waals surface area contributed by atoms with Gasteiger partial charge in [-0.2, -0.15) is 0 Å². The molecule has 1 N–H and O–H groups in total. The molecule has 0 bridgehead atoms. The van der Waals surface area contributed by atoms with Crippen LogP contribution in [0.3, 0.4) is 0 Å². The predicted octanol–water partition coefficient (Wildman–Crippen LogP) is 4.81. The van der Waals surface area contributed by atoms with Gasteiger partial charge in [0.15, 0.2) is 0 Å². The molecule has 3 aromatic rings. The third-order valence-corrected chi connectivity index (χ3v) is 4.86. The van der Waals surface area contributed by atoms with E-state index in [0.29, 0.717) is 5.69 Å². The fourth-order valence-electron chi connectivity index (χ4n) is 2.26. The number of carbonyl (C=O) groups is 1. The van der Waals surface area contributed by atoms with E-state index in [1.54, 1.807) is 18.0 Å². The lowest BCUT2D eigenvalue weighted by molar-refractivity contribution is 0.102. The molecule has 1 heterocycles. The number of carbonyl (C=O) groups excluding carboxylic acids is 1. The molecular weight excluding hydrogens is 330 g/mol. The zero-order valence-electron chi connectivity index (χ0n) is 14.4. The van der Waals surface area contributed by atoms with Crippen LogP contribution in [0.4, 0.5) is 5.69 Å². The van der Waals surface area contributed by atoms with Crippen LogP contribution >= 0.6 is 11.8 Å². The Morgan fingerprint density at radius 1 is 0.960 bits per heavy atom. The maximum absolute atomic E-state index is 12.2. The van der Waals surface area contributed by atoms with Crippen molar-refractivity contribution in [3.8, 4) is 0 Å². The highest BCUT2D eigenvalue weighted by atomic mass is 32.2. The van der Waals surface area contributed by atoms with Crippen molar-refractivity contribution in [3.05, 3.63) is 77.4 Å². The second kappa shape index (κ2) is 7.49. The van der Waals surface area contributed by atoms with Gasteiger partial charge >= 0.3 is 0 Å². The van der Waals surface area contributed by atoms with Crippen molar-refractivity contribution in [1.29, 1.82) is 0 Å². The predicted molar refractivity (Wildman–Crippen MR) is 101 cm³/mol. The van der Waals surface area contributed by atoms with E-state index in [2.05, 4.69) is 47.3 Å². The van der Waals surface area contributed by atoms with E-state index in [4.69, 9.17) is 0 Å². The first-order valence-electron chi connectivity index (χ1n) is 7.96. The smallest absolute Gasteiger partial charge is 0.275 e. The third-order valence-electron chi connectivity index (χ3n) is 3.70. The molecule has 2 aromatic carbocycles. The van der Waals surface area contributed by atoms with Crippen LogP contribution in [0.15, 0.2) is 64.6 Å². The molecule has 0 unspecified atom stereocenters. The standard InChI is InChI=1S/C20H19N3OS/c1-13-4-5-14(2)19(10-13)25-17-8-6-16(7-9-17)23-20(24)18-12-21-15(3)11-22-18/h4-12H,1-3H3,(H,23,24). The average molecular weight is 349 g/mol. The van der Waals surface area contributed by atoms with E-state index in [-0.39, 0.29) is 5.91 Å². The molecule has 0 aliphatic rings. The van der Waals surface area contributed by atoms with Crippen molar-refractivity contribution in [2.45, 2.75) is 30.6 Å². The van der Waals surface area contributed by atoms with Gasteiger partial charge in [0.25, 0.3) is 5.91 Å². The number of anilines is 1. The molecule has 126 valence electrons. The number of nitrogens with zero attached hydrogens (tertiary/aromatic N) is 2. The molecule has 0 atom stereocenters. The lowest BCUT2D eigenvalue weighted by atomic mass is 10.2. The molecule has 5 heteroatoms. The second-order valence-corrected chi connectivity index (χ2v) is 7.01. The highest BCUT2D eigenvalue weighted by molar-refractivity contribution is 7.99. The maximum Gasteiger partial charge on any atom is 0.275 e. The van der Waals surface area contributed by atoms with E-state index in [1.165, 1.54) is 22.2 Å². The normalized spacial score (nSPS) is 10.5. The van der Waals surface area contributed by atoms with Crippen LogP contribution in [0.25, 0.3) is 0 Å². The molecule has 0 saturated carbocycles. The average Bonchev–Trinajstić information content (AvgIpc) is 2.60. The molecule has 25 heavy (non-hydrogen) atoms. The summed E-state index contributed by atoms with van der Waals surface area (Å²) in [6.07, 6.45) is 3.06. The van der Waals surface area contributed by atoms with E-state index < -0.39 is 0 Å². The summed E-state index contributed by atoms with van der Waals surface area (Å²) >= 11 is 1.72. The number of amides is 1. The van der Waals surface area contributed by atoms with Gasteiger partial charge in [-0.05, 0) is 62.2 Å². The highest BCUT2D eigenvalue weighted by Crippen LogP contribution is 2.31. The molecule has 0 aliphatic carbocycles. The van der Waals surface area contributed by atoms with Gasteiger partial charge in [-0.25, -0.2) is 4.98 Å². The van der Waals surface area contributed by atoms with E-state index in [0.717, 1.165) is 16.3 Å². The van der Waals surface area contributed by atoms with Gasteiger partial charge in [0, 0.05) is 21.7 Å². The summed E-state index contributed by atoms with van der Waals surface area (Å²) < 4.78 is 0. The van der Waals surface area contributed by atoms with Crippen LogP contribution in [-0.2, 0) is 0 Å². The number of aryl methyl sites for hydroxylation is 3. The summed E-state index contributed by atoms with van der Waals surface area (Å²) in [5.74, 6) is -0.262. The Labute approximate surface area is 151 Å². The summed E-state index contributed by atoms with van der Waals surface area (Å²) in [5.41, 5.74) is 4.32. The maximum atomic E-state index is 12.2. The molecule has 3 rings (SSSR count). The number of benzene rings is 2. The number of aromatic nitrogens is 2. The van der Waals surface area contributed by atoms with E-state index in [9.17, 15) is 4.79 Å². The number of rotatable bonds is 4. The molecule has 1 amide bonds. The van der Waals surface area contributed by atoms with Crippen molar-refractivity contribution in [2.24, 2.45) is 0 Å². The Bertz CT molecular complexity index is 890. The Hall–Kier alpha value is -2.66. The number of nitrogens with one attached hydrogen (secondary N) is 1. The molecule has 0 spiro atoms. The summed E-state index contributed by atoms with van der Waals surface area (Å²) in [4.78, 5) is 22.7. The van der Waals surface area contributed by atoms with Gasteiger partial charge in [-0.15, -0.1) is 0 Å². The largest absolute Gasteiger partial charge is 0.321 e. The van der Waals surface area contributed by atoms with E-state index >= 15 is 0 Å². The van der Waals surface area contributed by atoms with Gasteiger partial charge in [-0.1, -0.05) is 23.9 Å². The lowest BCUT2D eigenvalue weighted by Crippen LogP contribution is -2.14. The van der Waals surface area contributed by atoms with Gasteiger partial charge < -0.3 is 5.32 Å². The van der Waals surface area contributed by atoms with Crippen molar-refractivity contribution < 1.29 is 4.79 Å². The molecule has 0 radical (unpaired) electrons. The molecular formula is C20H19N3OS. The van der Waals surface area contributed by atoms with Crippen LogP contribution < -0.4 is 5.32 Å². The van der Waals surface area contributed by atoms with Crippen molar-refractivity contribution in [3.63, 3.8) is 0 Å². The lowest BCUT2D eigenvalue weighted by Gasteiger charge is -2.08. The third kappa shape index (κ3) is 4.45. The van der Waals surface area contributed by atoms with Crippen LogP contribution in [0.1, 0.15) is 27.3 Å². The van der Waals surface area contributed by atoms with Crippen molar-refractivity contribution >= 4 is 23.4 Å². The topological polar surface area (TPSA) is 54.9 Å². The molecule has 0 fully saturated rings. The molecule has 0 saturated heterocycles. The number of hydrogen-bond acceptors (Lipinski definition) is 4. The Balaban J connectivity index is 1.68.